The van der Waals surface area contributed by atoms with Crippen LogP contribution in [0.1, 0.15) is 10.4 Å². The second kappa shape index (κ2) is 7.90. The topological polar surface area (TPSA) is 53.6 Å². The lowest BCUT2D eigenvalue weighted by Crippen LogP contribution is -2.46. The molecule has 0 unspecified atom stereocenters. The zero-order chi connectivity index (χ0) is 15.1. The van der Waals surface area contributed by atoms with E-state index in [0.29, 0.717) is 12.1 Å². The number of hydrogen-bond acceptors (Lipinski definition) is 4. The van der Waals surface area contributed by atoms with Gasteiger partial charge in [0.1, 0.15) is 5.75 Å². The molecular weight excluding hydrogens is 280 g/mol. The zero-order valence-electron chi connectivity index (χ0n) is 11.6. The third-order valence-electron chi connectivity index (χ3n) is 3.26. The van der Waals surface area contributed by atoms with Crippen LogP contribution in [-0.4, -0.2) is 56.7 Å². The number of benzene rings is 1. The number of hydrogen-bond donors (Lipinski definition) is 2. The van der Waals surface area contributed by atoms with Crippen LogP contribution in [0.15, 0.2) is 24.3 Å². The molecule has 0 aromatic heterocycles. The molecule has 5 nitrogen and oxygen atoms in total. The van der Waals surface area contributed by atoms with Crippen LogP contribution in [0.3, 0.4) is 0 Å². The molecule has 7 heteroatoms. The van der Waals surface area contributed by atoms with E-state index in [1.165, 1.54) is 24.3 Å². The van der Waals surface area contributed by atoms with Crippen molar-refractivity contribution < 1.29 is 18.3 Å². The molecule has 1 saturated heterocycles. The van der Waals surface area contributed by atoms with Gasteiger partial charge in [-0.15, -0.1) is 0 Å². The van der Waals surface area contributed by atoms with Crippen molar-refractivity contribution in [3.05, 3.63) is 29.8 Å². The van der Waals surface area contributed by atoms with Gasteiger partial charge in [-0.2, -0.15) is 8.78 Å². The molecule has 1 aromatic rings. The van der Waals surface area contributed by atoms with E-state index in [1.807, 2.05) is 0 Å². The Morgan fingerprint density at radius 1 is 1.29 bits per heavy atom. The SMILES string of the molecule is O=C(NCCN1CCNCC1)c1ccc(OC(F)F)cc1. The van der Waals surface area contributed by atoms with E-state index < -0.39 is 6.61 Å². The normalized spacial score (nSPS) is 16.0. The first-order chi connectivity index (χ1) is 10.1. The maximum atomic E-state index is 12.0. The Balaban J connectivity index is 1.74. The number of alkyl halides is 2. The first-order valence-corrected chi connectivity index (χ1v) is 6.91. The van der Waals surface area contributed by atoms with Gasteiger partial charge in [-0.05, 0) is 24.3 Å². The number of nitrogens with zero attached hydrogens (tertiary/aromatic N) is 1. The van der Waals surface area contributed by atoms with Crippen LogP contribution in [0, 0.1) is 0 Å². The summed E-state index contributed by atoms with van der Waals surface area (Å²) in [5.74, 6) is -0.170. The lowest BCUT2D eigenvalue weighted by molar-refractivity contribution is -0.0498. The monoisotopic (exact) mass is 299 g/mol. The largest absolute Gasteiger partial charge is 0.435 e. The Bertz CT molecular complexity index is 448. The number of ether oxygens (including phenoxy) is 1. The number of halogens is 2. The highest BCUT2D eigenvalue weighted by Gasteiger charge is 2.11. The summed E-state index contributed by atoms with van der Waals surface area (Å²) in [7, 11) is 0. The van der Waals surface area contributed by atoms with Gasteiger partial charge in [0, 0.05) is 44.8 Å². The third-order valence-corrected chi connectivity index (χ3v) is 3.26. The minimum absolute atomic E-state index is 0.0439. The van der Waals surface area contributed by atoms with Crippen molar-refractivity contribution in [2.24, 2.45) is 0 Å². The number of carbonyl (C=O) groups is 1. The summed E-state index contributed by atoms with van der Waals surface area (Å²) in [6, 6.07) is 5.66. The molecule has 1 aromatic carbocycles. The number of piperazine rings is 1. The third kappa shape index (κ3) is 5.28. The van der Waals surface area contributed by atoms with Crippen LogP contribution in [0.4, 0.5) is 8.78 Å². The zero-order valence-corrected chi connectivity index (χ0v) is 11.6. The molecular formula is C14H19F2N3O2. The van der Waals surface area contributed by atoms with Crippen LogP contribution >= 0.6 is 0 Å². The Labute approximate surface area is 122 Å². The van der Waals surface area contributed by atoms with E-state index in [9.17, 15) is 13.6 Å². The highest BCUT2D eigenvalue weighted by Crippen LogP contribution is 2.14. The Hall–Kier alpha value is -1.73. The van der Waals surface area contributed by atoms with E-state index in [-0.39, 0.29) is 11.7 Å². The summed E-state index contributed by atoms with van der Waals surface area (Å²) in [6.07, 6.45) is 0. The molecule has 1 heterocycles. The number of nitrogens with one attached hydrogen (secondary N) is 2. The van der Waals surface area contributed by atoms with Crippen LogP contribution in [-0.2, 0) is 0 Å². The minimum Gasteiger partial charge on any atom is -0.435 e. The van der Waals surface area contributed by atoms with Crippen molar-refractivity contribution >= 4 is 5.91 Å². The average molecular weight is 299 g/mol. The molecule has 1 fully saturated rings. The fourth-order valence-electron chi connectivity index (χ4n) is 2.15. The van der Waals surface area contributed by atoms with Crippen molar-refractivity contribution in [3.63, 3.8) is 0 Å². The van der Waals surface area contributed by atoms with Crippen molar-refractivity contribution in [1.82, 2.24) is 15.5 Å². The van der Waals surface area contributed by atoms with Gasteiger partial charge in [-0.25, -0.2) is 0 Å². The average Bonchev–Trinajstić information content (AvgIpc) is 2.48. The van der Waals surface area contributed by atoms with Crippen LogP contribution < -0.4 is 15.4 Å². The summed E-state index contributed by atoms with van der Waals surface area (Å²) in [5, 5.41) is 6.08. The molecule has 116 valence electrons. The molecule has 2 N–H and O–H groups in total. The number of carbonyl (C=O) groups excluding carboxylic acids is 1. The Kier molecular flexibility index (Phi) is 5.89. The standard InChI is InChI=1S/C14H19F2N3O2/c15-14(16)21-12-3-1-11(2-4-12)13(20)18-7-10-19-8-5-17-6-9-19/h1-4,14,17H,5-10H2,(H,18,20). The predicted octanol–water partition coefficient (Wildman–Crippen LogP) is 0.923. The van der Waals surface area contributed by atoms with Gasteiger partial charge in [-0.3, -0.25) is 9.69 Å². The molecule has 1 aliphatic heterocycles. The second-order valence-corrected chi connectivity index (χ2v) is 4.75. The first-order valence-electron chi connectivity index (χ1n) is 6.91. The maximum absolute atomic E-state index is 12.0. The molecule has 0 atom stereocenters. The van der Waals surface area contributed by atoms with E-state index >= 15 is 0 Å². The van der Waals surface area contributed by atoms with Gasteiger partial charge >= 0.3 is 6.61 Å². The van der Waals surface area contributed by atoms with Crippen molar-refractivity contribution in [3.8, 4) is 5.75 Å². The molecule has 21 heavy (non-hydrogen) atoms. The summed E-state index contributed by atoms with van der Waals surface area (Å²) in [6.45, 7) is 2.42. The van der Waals surface area contributed by atoms with Gasteiger partial charge in [-0.1, -0.05) is 0 Å². The lowest BCUT2D eigenvalue weighted by Gasteiger charge is -2.27. The molecule has 0 spiro atoms. The summed E-state index contributed by atoms with van der Waals surface area (Å²) in [5.41, 5.74) is 0.428. The van der Waals surface area contributed by atoms with Gasteiger partial charge < -0.3 is 15.4 Å². The predicted molar refractivity (Wildman–Crippen MR) is 74.7 cm³/mol. The van der Waals surface area contributed by atoms with Gasteiger partial charge in [0.05, 0.1) is 0 Å². The van der Waals surface area contributed by atoms with Crippen molar-refractivity contribution in [2.45, 2.75) is 6.61 Å². The Morgan fingerprint density at radius 2 is 1.95 bits per heavy atom. The summed E-state index contributed by atoms with van der Waals surface area (Å²) in [4.78, 5) is 14.2. The highest BCUT2D eigenvalue weighted by molar-refractivity contribution is 5.94. The molecule has 0 saturated carbocycles. The van der Waals surface area contributed by atoms with E-state index in [0.717, 1.165) is 32.7 Å². The molecule has 1 amide bonds. The van der Waals surface area contributed by atoms with Gasteiger partial charge in [0.15, 0.2) is 0 Å². The van der Waals surface area contributed by atoms with Crippen LogP contribution in [0.5, 0.6) is 5.75 Å². The summed E-state index contributed by atoms with van der Waals surface area (Å²) >= 11 is 0. The van der Waals surface area contributed by atoms with Crippen molar-refractivity contribution in [2.75, 3.05) is 39.3 Å². The number of amides is 1. The first kappa shape index (κ1) is 15.7. The van der Waals surface area contributed by atoms with E-state index in [2.05, 4.69) is 20.3 Å². The van der Waals surface area contributed by atoms with Crippen molar-refractivity contribution in [1.29, 1.82) is 0 Å². The molecule has 0 radical (unpaired) electrons. The maximum Gasteiger partial charge on any atom is 0.387 e. The fourth-order valence-corrected chi connectivity index (χ4v) is 2.15. The molecule has 0 aliphatic carbocycles. The quantitative estimate of drug-likeness (QED) is 0.820. The minimum atomic E-state index is -2.86. The molecule has 0 bridgehead atoms. The van der Waals surface area contributed by atoms with Gasteiger partial charge in [0.25, 0.3) is 5.91 Å². The number of rotatable bonds is 6. The van der Waals surface area contributed by atoms with Crippen LogP contribution in [0.25, 0.3) is 0 Å². The molecule has 2 rings (SSSR count). The Morgan fingerprint density at radius 3 is 2.57 bits per heavy atom. The van der Waals surface area contributed by atoms with E-state index in [1.54, 1.807) is 0 Å². The molecule has 1 aliphatic rings. The van der Waals surface area contributed by atoms with E-state index in [4.69, 9.17) is 0 Å². The second-order valence-electron chi connectivity index (χ2n) is 4.75. The fraction of sp³-hybridized carbons (Fsp3) is 0.500. The van der Waals surface area contributed by atoms with Gasteiger partial charge in [0.2, 0.25) is 0 Å². The van der Waals surface area contributed by atoms with Crippen LogP contribution in [0.2, 0.25) is 0 Å². The summed E-state index contributed by atoms with van der Waals surface area (Å²) < 4.78 is 28.3. The smallest absolute Gasteiger partial charge is 0.387 e. The highest BCUT2D eigenvalue weighted by atomic mass is 19.3. The lowest BCUT2D eigenvalue weighted by atomic mass is 10.2.